The van der Waals surface area contributed by atoms with Crippen molar-refractivity contribution in [2.75, 3.05) is 36.3 Å². The van der Waals surface area contributed by atoms with E-state index in [9.17, 15) is 4.79 Å². The third kappa shape index (κ3) is 3.41. The Morgan fingerprint density at radius 3 is 2.63 bits per heavy atom. The van der Waals surface area contributed by atoms with E-state index in [1.54, 1.807) is 4.90 Å². The molecule has 1 amide bonds. The molecule has 0 aromatic carbocycles. The van der Waals surface area contributed by atoms with Gasteiger partial charge >= 0.3 is 0 Å². The highest BCUT2D eigenvalue weighted by Crippen LogP contribution is 2.13. The summed E-state index contributed by atoms with van der Waals surface area (Å²) in [5.41, 5.74) is 2.41. The number of carbonyl (C=O) groups excluding carboxylic acids is 1. The number of rotatable bonds is 4. The van der Waals surface area contributed by atoms with Gasteiger partial charge in [-0.3, -0.25) is 10.2 Å². The predicted octanol–water partition coefficient (Wildman–Crippen LogP) is -1.09. The van der Waals surface area contributed by atoms with E-state index in [-0.39, 0.29) is 11.9 Å². The first-order valence-electron chi connectivity index (χ1n) is 6.01. The van der Waals surface area contributed by atoms with Crippen molar-refractivity contribution in [3.05, 3.63) is 0 Å². The third-order valence-corrected chi connectivity index (χ3v) is 2.75. The molecule has 1 unspecified atom stereocenters. The Morgan fingerprint density at radius 1 is 1.32 bits per heavy atom. The first-order chi connectivity index (χ1) is 9.08. The number of amides is 1. The number of nitrogens with zero attached hydrogens (tertiary/aromatic N) is 4. The number of aromatic nitrogens is 3. The molecule has 1 saturated heterocycles. The van der Waals surface area contributed by atoms with E-state index in [1.165, 1.54) is 0 Å². The van der Waals surface area contributed by atoms with Gasteiger partial charge in [-0.15, -0.1) is 0 Å². The van der Waals surface area contributed by atoms with Crippen molar-refractivity contribution >= 4 is 23.8 Å². The zero-order valence-electron chi connectivity index (χ0n) is 11.0. The van der Waals surface area contributed by atoms with E-state index >= 15 is 0 Å². The van der Waals surface area contributed by atoms with Crippen LogP contribution in [0.3, 0.4) is 0 Å². The number of hydrogen-bond donors (Lipinski definition) is 4. The first-order valence-corrected chi connectivity index (χ1v) is 6.01. The van der Waals surface area contributed by atoms with Crippen LogP contribution in [0.15, 0.2) is 0 Å². The van der Waals surface area contributed by atoms with Crippen molar-refractivity contribution in [1.82, 2.24) is 20.3 Å². The second-order valence-corrected chi connectivity index (χ2v) is 4.51. The molecule has 19 heavy (non-hydrogen) atoms. The number of hydrazine groups is 1. The van der Waals surface area contributed by atoms with E-state index < -0.39 is 0 Å². The van der Waals surface area contributed by atoms with Crippen molar-refractivity contribution in [2.45, 2.75) is 18.9 Å². The topological polar surface area (TPSA) is 121 Å². The molecule has 2 rings (SSSR count). The molecule has 0 spiro atoms. The Bertz CT molecular complexity index is 453. The number of carbonyl (C=O) groups is 1. The number of anilines is 3. The molecule has 0 saturated carbocycles. The van der Waals surface area contributed by atoms with Gasteiger partial charge in [0.05, 0.1) is 0 Å². The Balaban J connectivity index is 2.10. The molecule has 0 aliphatic carbocycles. The lowest BCUT2D eigenvalue weighted by Gasteiger charge is -2.23. The molecule has 9 nitrogen and oxygen atoms in total. The van der Waals surface area contributed by atoms with Crippen LogP contribution in [-0.2, 0) is 4.79 Å². The summed E-state index contributed by atoms with van der Waals surface area (Å²) in [6.45, 7) is 0.563. The Morgan fingerprint density at radius 2 is 2.05 bits per heavy atom. The highest BCUT2D eigenvalue weighted by molar-refractivity contribution is 5.76. The molecule has 1 aliphatic heterocycles. The molecule has 5 N–H and O–H groups in total. The van der Waals surface area contributed by atoms with Gasteiger partial charge in [0.25, 0.3) is 0 Å². The van der Waals surface area contributed by atoms with Crippen LogP contribution in [-0.4, -0.2) is 47.5 Å². The minimum atomic E-state index is 0.0759. The van der Waals surface area contributed by atoms with Gasteiger partial charge < -0.3 is 15.5 Å². The third-order valence-electron chi connectivity index (χ3n) is 2.75. The lowest BCUT2D eigenvalue weighted by atomic mass is 10.1. The smallest absolute Gasteiger partial charge is 0.243 e. The number of hydrogen-bond acceptors (Lipinski definition) is 8. The highest BCUT2D eigenvalue weighted by atomic mass is 16.1. The summed E-state index contributed by atoms with van der Waals surface area (Å²) < 4.78 is 0. The molecule has 0 bridgehead atoms. The monoisotopic (exact) mass is 266 g/mol. The van der Waals surface area contributed by atoms with Gasteiger partial charge in [0.2, 0.25) is 23.8 Å². The average Bonchev–Trinajstić information content (AvgIpc) is 2.41. The Hall–Kier alpha value is -2.16. The van der Waals surface area contributed by atoms with Gasteiger partial charge in [-0.25, -0.2) is 5.84 Å². The van der Waals surface area contributed by atoms with Crippen LogP contribution in [0.4, 0.5) is 17.8 Å². The Kier molecular flexibility index (Phi) is 3.95. The summed E-state index contributed by atoms with van der Waals surface area (Å²) in [4.78, 5) is 25.4. The van der Waals surface area contributed by atoms with Gasteiger partial charge in [-0.05, 0) is 6.42 Å². The number of nitrogens with one attached hydrogen (secondary N) is 3. The molecular formula is C10H18N8O. The maximum absolute atomic E-state index is 11.1. The van der Waals surface area contributed by atoms with Gasteiger partial charge in [-0.1, -0.05) is 0 Å². The maximum Gasteiger partial charge on any atom is 0.243 e. The predicted molar refractivity (Wildman–Crippen MR) is 71.6 cm³/mol. The van der Waals surface area contributed by atoms with Gasteiger partial charge in [0.1, 0.15) is 0 Å². The van der Waals surface area contributed by atoms with Crippen molar-refractivity contribution in [2.24, 2.45) is 5.84 Å². The molecule has 9 heteroatoms. The maximum atomic E-state index is 11.1. The van der Waals surface area contributed by atoms with Gasteiger partial charge in [0.15, 0.2) is 0 Å². The molecule has 2 heterocycles. The van der Waals surface area contributed by atoms with Crippen LogP contribution in [0.1, 0.15) is 12.8 Å². The fourth-order valence-electron chi connectivity index (χ4n) is 1.73. The van der Waals surface area contributed by atoms with Gasteiger partial charge in [-0.2, -0.15) is 15.0 Å². The van der Waals surface area contributed by atoms with E-state index in [2.05, 4.69) is 31.0 Å². The summed E-state index contributed by atoms with van der Waals surface area (Å²) in [5.74, 6) is 6.64. The highest BCUT2D eigenvalue weighted by Gasteiger charge is 2.19. The van der Waals surface area contributed by atoms with Crippen LogP contribution < -0.4 is 26.8 Å². The molecule has 1 aromatic rings. The van der Waals surface area contributed by atoms with Crippen LogP contribution in [0.2, 0.25) is 0 Å². The standard InChI is InChI=1S/C10H18N8O/c1-18(2)10-15-8(14-9(16-10)17-11)13-6-3-4-7(19)12-5-6/h6H,3-5,11H2,1-2H3,(H,12,19)(H2,13,14,15,16,17). The number of nitrogens with two attached hydrogens (primary N) is 1. The molecule has 1 aromatic heterocycles. The summed E-state index contributed by atoms with van der Waals surface area (Å²) in [6.07, 6.45) is 1.26. The Labute approximate surface area is 111 Å². The quantitative estimate of drug-likeness (QED) is 0.401. The number of nitrogen functional groups attached to an aromatic ring is 1. The van der Waals surface area contributed by atoms with Crippen LogP contribution >= 0.6 is 0 Å². The van der Waals surface area contributed by atoms with Crippen LogP contribution in [0.5, 0.6) is 0 Å². The van der Waals surface area contributed by atoms with Crippen molar-refractivity contribution in [3.63, 3.8) is 0 Å². The number of piperidine rings is 1. The van der Waals surface area contributed by atoms with Crippen LogP contribution in [0.25, 0.3) is 0 Å². The van der Waals surface area contributed by atoms with Gasteiger partial charge in [0, 0.05) is 33.1 Å². The summed E-state index contributed by atoms with van der Waals surface area (Å²) >= 11 is 0. The lowest BCUT2D eigenvalue weighted by Crippen LogP contribution is -2.42. The van der Waals surface area contributed by atoms with Crippen molar-refractivity contribution in [1.29, 1.82) is 0 Å². The second-order valence-electron chi connectivity index (χ2n) is 4.51. The summed E-state index contributed by atoms with van der Waals surface area (Å²) in [5, 5.41) is 5.97. The van der Waals surface area contributed by atoms with Crippen molar-refractivity contribution < 1.29 is 4.79 Å². The van der Waals surface area contributed by atoms with E-state index in [1.807, 2.05) is 14.1 Å². The normalized spacial score (nSPS) is 18.7. The molecule has 0 radical (unpaired) electrons. The minimum absolute atomic E-state index is 0.0759. The van der Waals surface area contributed by atoms with Crippen molar-refractivity contribution in [3.8, 4) is 0 Å². The zero-order chi connectivity index (χ0) is 13.8. The zero-order valence-corrected chi connectivity index (χ0v) is 11.0. The van der Waals surface area contributed by atoms with E-state index in [4.69, 9.17) is 5.84 Å². The molecule has 1 fully saturated rings. The second kappa shape index (κ2) is 5.65. The lowest BCUT2D eigenvalue weighted by molar-refractivity contribution is -0.122. The van der Waals surface area contributed by atoms with E-state index in [0.717, 1.165) is 6.42 Å². The minimum Gasteiger partial charge on any atom is -0.354 e. The SMILES string of the molecule is CN(C)c1nc(NN)nc(NC2CCC(=O)NC2)n1. The fourth-order valence-corrected chi connectivity index (χ4v) is 1.73. The molecular weight excluding hydrogens is 248 g/mol. The van der Waals surface area contributed by atoms with Crippen LogP contribution in [0, 0.1) is 0 Å². The molecule has 104 valence electrons. The average molecular weight is 266 g/mol. The fraction of sp³-hybridized carbons (Fsp3) is 0.600. The largest absolute Gasteiger partial charge is 0.354 e. The summed E-state index contributed by atoms with van der Waals surface area (Å²) in [7, 11) is 3.67. The van der Waals surface area contributed by atoms with E-state index in [0.29, 0.717) is 30.8 Å². The molecule has 1 atom stereocenters. The molecule has 1 aliphatic rings. The summed E-state index contributed by atoms with van der Waals surface area (Å²) in [6, 6.07) is 0.112. The first kappa shape index (κ1) is 13.3.